The number of hydrogen-bond donors (Lipinski definition) is 1. The fourth-order valence-corrected chi connectivity index (χ4v) is 6.65. The Hall–Kier alpha value is -1.72. The molecule has 3 aliphatic rings. The molecule has 2 aliphatic carbocycles. The van der Waals surface area contributed by atoms with Crippen LogP contribution in [0.3, 0.4) is 0 Å². The number of carbonyl (C=O) groups is 1. The highest BCUT2D eigenvalue weighted by Gasteiger charge is 2.51. The number of piperazine rings is 1. The fourth-order valence-electron chi connectivity index (χ4n) is 6.65. The standard InChI is InChI=1S/C26H43F6N5O/c1-33-24(34-2)37-13-11-36(12-14-37)22(19-7-5-4-6-8-19)23(38)35(3)10-9-18-15-20(25(27,28)29)17-21(16-18)26(30,31)32/h18-22H,4-17H2,1-3H3,(H,33,34). The summed E-state index contributed by atoms with van der Waals surface area (Å²) in [5.74, 6) is -3.69. The minimum absolute atomic E-state index is 0.0705. The van der Waals surface area contributed by atoms with Crippen molar-refractivity contribution in [1.82, 2.24) is 20.0 Å². The van der Waals surface area contributed by atoms with Crippen molar-refractivity contribution in [1.29, 1.82) is 0 Å². The van der Waals surface area contributed by atoms with E-state index >= 15 is 0 Å². The summed E-state index contributed by atoms with van der Waals surface area (Å²) in [6, 6.07) is -0.323. The van der Waals surface area contributed by atoms with Gasteiger partial charge in [-0.2, -0.15) is 26.3 Å². The van der Waals surface area contributed by atoms with Crippen LogP contribution < -0.4 is 5.32 Å². The van der Waals surface area contributed by atoms with Crippen LogP contribution in [0, 0.1) is 23.7 Å². The first kappa shape index (κ1) is 30.8. The van der Waals surface area contributed by atoms with E-state index in [1.165, 1.54) is 0 Å². The highest BCUT2D eigenvalue weighted by atomic mass is 19.4. The minimum atomic E-state index is -4.65. The van der Waals surface area contributed by atoms with Crippen molar-refractivity contribution in [3.05, 3.63) is 0 Å². The molecule has 3 unspecified atom stereocenters. The first-order chi connectivity index (χ1) is 17.8. The summed E-state index contributed by atoms with van der Waals surface area (Å²) in [5.41, 5.74) is 0. The van der Waals surface area contributed by atoms with Gasteiger partial charge in [-0.15, -0.1) is 0 Å². The fraction of sp³-hybridized carbons (Fsp3) is 0.923. The van der Waals surface area contributed by atoms with Crippen molar-refractivity contribution in [2.75, 3.05) is 53.9 Å². The predicted molar refractivity (Wildman–Crippen MR) is 135 cm³/mol. The van der Waals surface area contributed by atoms with Crippen LogP contribution in [0.5, 0.6) is 0 Å². The Kier molecular flexibility index (Phi) is 10.6. The van der Waals surface area contributed by atoms with Crippen LogP contribution in [0.25, 0.3) is 0 Å². The van der Waals surface area contributed by atoms with E-state index in [1.54, 1.807) is 19.0 Å². The maximum Gasteiger partial charge on any atom is 0.391 e. The molecule has 3 atom stereocenters. The second-order valence-electron chi connectivity index (χ2n) is 11.3. The van der Waals surface area contributed by atoms with E-state index in [2.05, 4.69) is 20.1 Å². The van der Waals surface area contributed by atoms with Gasteiger partial charge in [0.1, 0.15) is 0 Å². The summed E-state index contributed by atoms with van der Waals surface area (Å²) < 4.78 is 80.3. The molecule has 0 aromatic heterocycles. The zero-order chi connectivity index (χ0) is 28.1. The molecule has 220 valence electrons. The molecule has 1 aliphatic heterocycles. The maximum absolute atomic E-state index is 13.8. The molecule has 0 radical (unpaired) electrons. The number of hydrogen-bond acceptors (Lipinski definition) is 3. The molecule has 2 saturated carbocycles. The molecule has 0 spiro atoms. The summed E-state index contributed by atoms with van der Waals surface area (Å²) >= 11 is 0. The number of likely N-dealkylation sites (N-methyl/N-ethyl adjacent to an activating group) is 1. The van der Waals surface area contributed by atoms with Gasteiger partial charge < -0.3 is 15.1 Å². The van der Waals surface area contributed by atoms with Crippen molar-refractivity contribution in [2.45, 2.75) is 76.2 Å². The molecule has 1 heterocycles. The van der Waals surface area contributed by atoms with E-state index in [4.69, 9.17) is 0 Å². The molecular formula is C26H43F6N5O. The molecule has 6 nitrogen and oxygen atoms in total. The third kappa shape index (κ3) is 7.91. The zero-order valence-electron chi connectivity index (χ0n) is 22.8. The van der Waals surface area contributed by atoms with Crippen molar-refractivity contribution in [3.63, 3.8) is 0 Å². The van der Waals surface area contributed by atoms with Crippen LogP contribution in [0.4, 0.5) is 26.3 Å². The lowest BCUT2D eigenvalue weighted by molar-refractivity contribution is -0.229. The molecular weight excluding hydrogens is 512 g/mol. The van der Waals surface area contributed by atoms with Gasteiger partial charge in [-0.05, 0) is 50.4 Å². The van der Waals surface area contributed by atoms with Crippen LogP contribution in [0.2, 0.25) is 0 Å². The second-order valence-corrected chi connectivity index (χ2v) is 11.3. The topological polar surface area (TPSA) is 51.2 Å². The van der Waals surface area contributed by atoms with Gasteiger partial charge in [0.15, 0.2) is 5.96 Å². The van der Waals surface area contributed by atoms with Crippen molar-refractivity contribution in [3.8, 4) is 0 Å². The van der Waals surface area contributed by atoms with E-state index in [9.17, 15) is 31.1 Å². The third-order valence-electron chi connectivity index (χ3n) is 8.77. The quantitative estimate of drug-likeness (QED) is 0.292. The van der Waals surface area contributed by atoms with E-state index in [1.807, 2.05) is 7.05 Å². The molecule has 0 aromatic carbocycles. The summed E-state index contributed by atoms with van der Waals surface area (Å²) in [4.78, 5) is 23.9. The number of nitrogens with zero attached hydrogens (tertiary/aromatic N) is 4. The maximum atomic E-state index is 13.8. The SMILES string of the molecule is CN=C(NC)N1CCN(C(C(=O)N(C)CCC2CC(C(F)(F)F)CC(C(F)(F)F)C2)C2CCCCC2)CC1. The van der Waals surface area contributed by atoms with Crippen LogP contribution >= 0.6 is 0 Å². The first-order valence-corrected chi connectivity index (χ1v) is 13.9. The highest BCUT2D eigenvalue weighted by molar-refractivity contribution is 5.82. The molecule has 3 rings (SSSR count). The minimum Gasteiger partial charge on any atom is -0.359 e. The summed E-state index contributed by atoms with van der Waals surface area (Å²) in [5, 5.41) is 3.08. The van der Waals surface area contributed by atoms with E-state index in [0.717, 1.165) is 38.1 Å². The van der Waals surface area contributed by atoms with E-state index in [0.29, 0.717) is 26.2 Å². The van der Waals surface area contributed by atoms with Crippen LogP contribution in [0.1, 0.15) is 57.8 Å². The lowest BCUT2D eigenvalue weighted by atomic mass is 9.73. The molecule has 38 heavy (non-hydrogen) atoms. The van der Waals surface area contributed by atoms with Gasteiger partial charge in [-0.3, -0.25) is 14.7 Å². The predicted octanol–water partition coefficient (Wildman–Crippen LogP) is 4.76. The Morgan fingerprint density at radius 2 is 1.50 bits per heavy atom. The molecule has 3 fully saturated rings. The zero-order valence-corrected chi connectivity index (χ0v) is 22.8. The average Bonchev–Trinajstić information content (AvgIpc) is 2.88. The Balaban J connectivity index is 1.66. The smallest absolute Gasteiger partial charge is 0.359 e. The van der Waals surface area contributed by atoms with Gasteiger partial charge in [-0.1, -0.05) is 19.3 Å². The summed E-state index contributed by atoms with van der Waals surface area (Å²) in [6.07, 6.45) is -5.50. The van der Waals surface area contributed by atoms with Crippen molar-refractivity contribution >= 4 is 11.9 Å². The largest absolute Gasteiger partial charge is 0.391 e. The second kappa shape index (κ2) is 13.1. The van der Waals surface area contributed by atoms with Gasteiger partial charge >= 0.3 is 12.4 Å². The Morgan fingerprint density at radius 1 is 0.947 bits per heavy atom. The van der Waals surface area contributed by atoms with Gasteiger partial charge in [-0.25, -0.2) is 0 Å². The number of carbonyl (C=O) groups excluding carboxylic acids is 1. The molecule has 0 bridgehead atoms. The number of halogens is 6. The van der Waals surface area contributed by atoms with Gasteiger partial charge in [0.25, 0.3) is 0 Å². The average molecular weight is 556 g/mol. The lowest BCUT2D eigenvalue weighted by Crippen LogP contribution is -2.59. The molecule has 0 aromatic rings. The van der Waals surface area contributed by atoms with Crippen molar-refractivity contribution < 1.29 is 31.1 Å². The van der Waals surface area contributed by atoms with Gasteiger partial charge in [0.05, 0.1) is 17.9 Å². The van der Waals surface area contributed by atoms with Crippen molar-refractivity contribution in [2.24, 2.45) is 28.7 Å². The molecule has 12 heteroatoms. The van der Waals surface area contributed by atoms with Crippen LogP contribution in [-0.2, 0) is 4.79 Å². The monoisotopic (exact) mass is 555 g/mol. The van der Waals surface area contributed by atoms with E-state index in [-0.39, 0.29) is 43.7 Å². The highest BCUT2D eigenvalue weighted by Crippen LogP contribution is 2.48. The Labute approximate surface area is 222 Å². The summed E-state index contributed by atoms with van der Waals surface area (Å²) in [6.45, 7) is 2.96. The Morgan fingerprint density at radius 3 is 1.97 bits per heavy atom. The molecule has 1 amide bonds. The number of rotatable bonds is 6. The molecule has 1 N–H and O–H groups in total. The number of guanidine groups is 1. The summed E-state index contributed by atoms with van der Waals surface area (Å²) in [7, 11) is 5.18. The number of aliphatic imine (C=N–C) groups is 1. The van der Waals surface area contributed by atoms with E-state index < -0.39 is 36.5 Å². The first-order valence-electron chi connectivity index (χ1n) is 13.9. The Bertz CT molecular complexity index is 768. The van der Waals surface area contributed by atoms with Gasteiger partial charge in [0.2, 0.25) is 5.91 Å². The third-order valence-corrected chi connectivity index (χ3v) is 8.77. The molecule has 1 saturated heterocycles. The number of amides is 1. The normalized spacial score (nSPS) is 27.8. The van der Waals surface area contributed by atoms with Gasteiger partial charge in [0, 0.05) is 53.9 Å². The number of alkyl halides is 6. The number of nitrogens with one attached hydrogen (secondary N) is 1. The van der Waals surface area contributed by atoms with Crippen LogP contribution in [0.15, 0.2) is 4.99 Å². The lowest BCUT2D eigenvalue weighted by Gasteiger charge is -2.44. The van der Waals surface area contributed by atoms with Crippen LogP contribution in [-0.4, -0.2) is 98.8 Å².